The fourth-order valence-electron chi connectivity index (χ4n) is 4.10. The number of ether oxygens (including phenoxy) is 1. The zero-order chi connectivity index (χ0) is 22.0. The molecule has 2 saturated heterocycles. The molecule has 0 saturated carbocycles. The van der Waals surface area contributed by atoms with Gasteiger partial charge in [-0.3, -0.25) is 14.5 Å². The molecule has 2 aromatic heterocycles. The van der Waals surface area contributed by atoms with E-state index in [0.29, 0.717) is 49.0 Å². The van der Waals surface area contributed by atoms with Crippen LogP contribution in [0.15, 0.2) is 34.6 Å². The maximum atomic E-state index is 13.0. The Morgan fingerprint density at radius 1 is 1.23 bits per heavy atom. The molecule has 2 fully saturated rings. The molecule has 1 atom stereocenters. The first kappa shape index (κ1) is 21.2. The number of likely N-dealkylation sites (tertiary alicyclic amines) is 1. The fourth-order valence-corrected chi connectivity index (χ4v) is 4.10. The summed E-state index contributed by atoms with van der Waals surface area (Å²) in [7, 11) is 0. The van der Waals surface area contributed by atoms with Crippen molar-refractivity contribution < 1.29 is 23.8 Å². The summed E-state index contributed by atoms with van der Waals surface area (Å²) in [5.41, 5.74) is 0.858. The number of aryl methyl sites for hydroxylation is 2. The molecule has 1 amide bonds. The SMILES string of the molecule is Cc1ncc(C(O)=C2C(=O)C(=O)N(CCCN3CCOCC3)[C@@H]2c2ccco2)c(C)n1. The number of aliphatic hydroxyl groups is 1. The molecule has 0 aromatic carbocycles. The van der Waals surface area contributed by atoms with E-state index in [2.05, 4.69) is 14.9 Å². The molecule has 2 aliphatic heterocycles. The first-order chi connectivity index (χ1) is 15.0. The lowest BCUT2D eigenvalue weighted by Crippen LogP contribution is -2.38. The fraction of sp³-hybridized carbons (Fsp3) is 0.455. The third-order valence-corrected chi connectivity index (χ3v) is 5.68. The van der Waals surface area contributed by atoms with Crippen LogP contribution in [-0.2, 0) is 14.3 Å². The molecule has 9 heteroatoms. The number of hydrogen-bond acceptors (Lipinski definition) is 8. The van der Waals surface area contributed by atoms with Gasteiger partial charge >= 0.3 is 0 Å². The molecule has 2 aliphatic rings. The minimum absolute atomic E-state index is 0.00174. The third kappa shape index (κ3) is 4.24. The second kappa shape index (κ2) is 8.99. The van der Waals surface area contributed by atoms with Crippen LogP contribution >= 0.6 is 0 Å². The summed E-state index contributed by atoms with van der Waals surface area (Å²) in [5.74, 6) is -0.674. The third-order valence-electron chi connectivity index (χ3n) is 5.68. The van der Waals surface area contributed by atoms with Crippen LogP contribution in [0.1, 0.15) is 35.3 Å². The van der Waals surface area contributed by atoms with Crippen molar-refractivity contribution >= 4 is 17.4 Å². The van der Waals surface area contributed by atoms with E-state index in [9.17, 15) is 14.7 Å². The molecule has 31 heavy (non-hydrogen) atoms. The highest BCUT2D eigenvalue weighted by Crippen LogP contribution is 2.39. The van der Waals surface area contributed by atoms with Gasteiger partial charge in [0.2, 0.25) is 0 Å². The number of carbonyl (C=O) groups is 2. The zero-order valence-corrected chi connectivity index (χ0v) is 17.7. The van der Waals surface area contributed by atoms with Crippen LogP contribution in [0.5, 0.6) is 0 Å². The van der Waals surface area contributed by atoms with Crippen LogP contribution in [0.2, 0.25) is 0 Å². The Bertz CT molecular complexity index is 995. The van der Waals surface area contributed by atoms with Crippen LogP contribution in [0, 0.1) is 13.8 Å². The van der Waals surface area contributed by atoms with Crippen LogP contribution in [0.3, 0.4) is 0 Å². The topological polar surface area (TPSA) is 109 Å². The van der Waals surface area contributed by atoms with Crippen molar-refractivity contribution in [3.8, 4) is 0 Å². The number of ketones is 1. The van der Waals surface area contributed by atoms with Crippen molar-refractivity contribution in [2.75, 3.05) is 39.4 Å². The Kier molecular flexibility index (Phi) is 6.15. The highest BCUT2D eigenvalue weighted by Gasteiger charge is 2.47. The van der Waals surface area contributed by atoms with Crippen molar-refractivity contribution in [1.82, 2.24) is 19.8 Å². The highest BCUT2D eigenvalue weighted by atomic mass is 16.5. The molecular weight excluding hydrogens is 400 g/mol. The van der Waals surface area contributed by atoms with Gasteiger partial charge in [-0.2, -0.15) is 0 Å². The minimum atomic E-state index is -0.791. The van der Waals surface area contributed by atoms with E-state index in [4.69, 9.17) is 9.15 Å². The number of Topliss-reactive ketones (excluding diaryl/α,β-unsaturated/α-hetero) is 1. The number of morpholine rings is 1. The molecule has 9 nitrogen and oxygen atoms in total. The second-order valence-electron chi connectivity index (χ2n) is 7.73. The quantitative estimate of drug-likeness (QED) is 0.423. The normalized spacial score (nSPS) is 21.7. The van der Waals surface area contributed by atoms with Crippen molar-refractivity contribution in [3.05, 3.63) is 53.0 Å². The average molecular weight is 426 g/mol. The van der Waals surface area contributed by atoms with Gasteiger partial charge in [0.15, 0.2) is 0 Å². The number of aliphatic hydroxyl groups excluding tert-OH is 1. The molecule has 0 spiro atoms. The Balaban J connectivity index is 1.64. The number of carbonyl (C=O) groups excluding carboxylic acids is 2. The molecule has 0 unspecified atom stereocenters. The van der Waals surface area contributed by atoms with E-state index >= 15 is 0 Å². The number of aromatic nitrogens is 2. The number of amides is 1. The molecule has 164 valence electrons. The predicted octanol–water partition coefficient (Wildman–Crippen LogP) is 1.83. The van der Waals surface area contributed by atoms with Gasteiger partial charge in [-0.1, -0.05) is 0 Å². The Morgan fingerprint density at radius 2 is 2.00 bits per heavy atom. The first-order valence-electron chi connectivity index (χ1n) is 10.4. The minimum Gasteiger partial charge on any atom is -0.507 e. The molecule has 1 N–H and O–H groups in total. The number of hydrogen-bond donors (Lipinski definition) is 1. The summed E-state index contributed by atoms with van der Waals surface area (Å²) in [6.45, 7) is 7.75. The van der Waals surface area contributed by atoms with Crippen molar-refractivity contribution in [2.45, 2.75) is 26.3 Å². The van der Waals surface area contributed by atoms with Gasteiger partial charge in [-0.25, -0.2) is 9.97 Å². The van der Waals surface area contributed by atoms with Crippen molar-refractivity contribution in [3.63, 3.8) is 0 Å². The van der Waals surface area contributed by atoms with Crippen molar-refractivity contribution in [2.24, 2.45) is 0 Å². The van der Waals surface area contributed by atoms with E-state index in [-0.39, 0.29) is 11.3 Å². The summed E-state index contributed by atoms with van der Waals surface area (Å²) in [5, 5.41) is 11.0. The van der Waals surface area contributed by atoms with Gasteiger partial charge < -0.3 is 19.2 Å². The first-order valence-corrected chi connectivity index (χ1v) is 10.4. The summed E-state index contributed by atoms with van der Waals surface area (Å²) in [4.78, 5) is 38.0. The Hall–Kier alpha value is -3.04. The summed E-state index contributed by atoms with van der Waals surface area (Å²) < 4.78 is 10.9. The largest absolute Gasteiger partial charge is 0.507 e. The molecular formula is C22H26N4O5. The average Bonchev–Trinajstić information content (AvgIpc) is 3.37. The van der Waals surface area contributed by atoms with E-state index < -0.39 is 17.7 Å². The number of rotatable bonds is 6. The molecule has 4 heterocycles. The van der Waals surface area contributed by atoms with Crippen molar-refractivity contribution in [1.29, 1.82) is 0 Å². The molecule has 4 rings (SSSR count). The zero-order valence-electron chi connectivity index (χ0n) is 17.7. The molecule has 0 radical (unpaired) electrons. The van der Waals surface area contributed by atoms with Crippen LogP contribution in [0.4, 0.5) is 0 Å². The summed E-state index contributed by atoms with van der Waals surface area (Å²) >= 11 is 0. The van der Waals surface area contributed by atoms with Gasteiger partial charge in [-0.15, -0.1) is 0 Å². The highest BCUT2D eigenvalue weighted by molar-refractivity contribution is 6.46. The van der Waals surface area contributed by atoms with Crippen LogP contribution in [-0.4, -0.2) is 76.0 Å². The van der Waals surface area contributed by atoms with E-state index in [1.807, 2.05) is 0 Å². The summed E-state index contributed by atoms with van der Waals surface area (Å²) in [6.07, 6.45) is 3.65. The Morgan fingerprint density at radius 3 is 2.68 bits per heavy atom. The van der Waals surface area contributed by atoms with Gasteiger partial charge in [0.25, 0.3) is 11.7 Å². The molecule has 0 aliphatic carbocycles. The lowest BCUT2D eigenvalue weighted by molar-refractivity contribution is -0.140. The number of furan rings is 1. The van der Waals surface area contributed by atoms with Gasteiger partial charge in [0, 0.05) is 32.4 Å². The van der Waals surface area contributed by atoms with Gasteiger partial charge in [0.05, 0.1) is 36.3 Å². The van der Waals surface area contributed by atoms with E-state index in [1.54, 1.807) is 26.0 Å². The predicted molar refractivity (Wildman–Crippen MR) is 111 cm³/mol. The van der Waals surface area contributed by atoms with Gasteiger partial charge in [0.1, 0.15) is 23.4 Å². The lowest BCUT2D eigenvalue weighted by atomic mass is 9.99. The van der Waals surface area contributed by atoms with Gasteiger partial charge in [-0.05, 0) is 32.4 Å². The maximum absolute atomic E-state index is 13.0. The summed E-state index contributed by atoms with van der Waals surface area (Å²) in [6, 6.07) is 2.61. The Labute approximate surface area is 180 Å². The van der Waals surface area contributed by atoms with E-state index in [1.165, 1.54) is 17.4 Å². The van der Waals surface area contributed by atoms with E-state index in [0.717, 1.165) is 19.6 Å². The lowest BCUT2D eigenvalue weighted by Gasteiger charge is -2.28. The number of nitrogens with zero attached hydrogens (tertiary/aromatic N) is 4. The smallest absolute Gasteiger partial charge is 0.295 e. The van der Waals surface area contributed by atoms with Crippen LogP contribution < -0.4 is 0 Å². The maximum Gasteiger partial charge on any atom is 0.295 e. The molecule has 2 aromatic rings. The second-order valence-corrected chi connectivity index (χ2v) is 7.73. The van der Waals surface area contributed by atoms with Crippen LogP contribution in [0.25, 0.3) is 5.76 Å². The standard InChI is InChI=1S/C22H26N4O5/c1-14-16(13-23-15(2)24-14)20(27)18-19(17-5-3-10-31-17)26(22(29)21(18)28)7-4-6-25-8-11-30-12-9-25/h3,5,10,13,19,27H,4,6-9,11-12H2,1-2H3/t19-/m1/s1. The monoisotopic (exact) mass is 426 g/mol. The molecule has 0 bridgehead atoms.